The second kappa shape index (κ2) is 15.8. The zero-order valence-corrected chi connectivity index (χ0v) is 35.1. The quantitative estimate of drug-likeness (QED) is 0.148. The Morgan fingerprint density at radius 2 is 0.734 bits per heavy atom. The molecule has 0 aliphatic rings. The fraction of sp³-hybridized carbons (Fsp3) is 0. The van der Waals surface area contributed by atoms with Gasteiger partial charge in [-0.15, -0.1) is 0 Å². The standard InChI is InChI=1S/C62H42N2/c1-3-16-45(17-4-1)58-31-14-32-59-61-57(30-15-33-60(61)64(62(58)59)49-23-5-2-6-24-49)48-22-11-25-52(42-48)63(50-38-34-46(35-39-50)55-28-12-20-43-18-7-9-26-53(43)55)51-40-36-47(37-41-51)56-29-13-21-44-19-8-10-27-54(44)56/h1-42H. The molecule has 0 saturated carbocycles. The number of hydrogen-bond donors (Lipinski definition) is 0. The summed E-state index contributed by atoms with van der Waals surface area (Å²) in [5, 5.41) is 7.46. The van der Waals surface area contributed by atoms with E-state index in [0.717, 1.165) is 28.3 Å². The number of rotatable bonds is 8. The first kappa shape index (κ1) is 37.3. The van der Waals surface area contributed by atoms with Crippen molar-refractivity contribution in [2.75, 3.05) is 4.90 Å². The summed E-state index contributed by atoms with van der Waals surface area (Å²) in [7, 11) is 0. The Kier molecular flexibility index (Phi) is 9.20. The molecule has 0 aliphatic heterocycles. The lowest BCUT2D eigenvalue weighted by atomic mass is 9.96. The largest absolute Gasteiger partial charge is 0.310 e. The molecule has 300 valence electrons. The van der Waals surface area contributed by atoms with Crippen LogP contribution in [0, 0.1) is 0 Å². The Morgan fingerprint density at radius 1 is 0.281 bits per heavy atom. The molecule has 12 rings (SSSR count). The molecule has 12 aromatic rings. The van der Waals surface area contributed by atoms with Gasteiger partial charge in [0.15, 0.2) is 0 Å². The number of nitrogens with zero attached hydrogens (tertiary/aromatic N) is 2. The molecule has 0 atom stereocenters. The Balaban J connectivity index is 1.03. The van der Waals surface area contributed by atoms with Gasteiger partial charge in [-0.3, -0.25) is 0 Å². The minimum absolute atomic E-state index is 1.09. The van der Waals surface area contributed by atoms with E-state index in [0.29, 0.717) is 0 Å². The van der Waals surface area contributed by atoms with E-state index in [2.05, 4.69) is 264 Å². The summed E-state index contributed by atoms with van der Waals surface area (Å²) in [5.74, 6) is 0. The highest BCUT2D eigenvalue weighted by molar-refractivity contribution is 6.19. The van der Waals surface area contributed by atoms with Gasteiger partial charge in [0.1, 0.15) is 0 Å². The molecule has 0 amide bonds. The predicted molar refractivity (Wildman–Crippen MR) is 272 cm³/mol. The third kappa shape index (κ3) is 6.44. The first-order valence-corrected chi connectivity index (χ1v) is 22.0. The topological polar surface area (TPSA) is 8.17 Å². The predicted octanol–water partition coefficient (Wildman–Crippen LogP) is 17.2. The normalized spacial score (nSPS) is 11.4. The Labute approximate surface area is 373 Å². The molecule has 1 heterocycles. The molecular weight excluding hydrogens is 773 g/mol. The van der Waals surface area contributed by atoms with Crippen molar-refractivity contribution in [2.24, 2.45) is 0 Å². The van der Waals surface area contributed by atoms with Crippen LogP contribution >= 0.6 is 0 Å². The maximum absolute atomic E-state index is 2.45. The molecule has 2 heteroatoms. The molecule has 0 spiro atoms. The van der Waals surface area contributed by atoms with E-state index in [9.17, 15) is 0 Å². The Morgan fingerprint density at radius 3 is 1.38 bits per heavy atom. The molecule has 0 fully saturated rings. The number of aromatic nitrogens is 1. The average molecular weight is 815 g/mol. The first-order chi connectivity index (χ1) is 31.8. The highest BCUT2D eigenvalue weighted by atomic mass is 15.1. The second-order valence-electron chi connectivity index (χ2n) is 16.5. The average Bonchev–Trinajstić information content (AvgIpc) is 3.72. The van der Waals surface area contributed by atoms with Crippen molar-refractivity contribution in [3.8, 4) is 50.2 Å². The van der Waals surface area contributed by atoms with Crippen LogP contribution in [-0.4, -0.2) is 4.57 Å². The lowest BCUT2D eigenvalue weighted by Crippen LogP contribution is -2.10. The van der Waals surface area contributed by atoms with E-state index in [1.807, 2.05) is 0 Å². The highest BCUT2D eigenvalue weighted by Gasteiger charge is 2.21. The van der Waals surface area contributed by atoms with Crippen LogP contribution in [0.3, 0.4) is 0 Å². The summed E-state index contributed by atoms with van der Waals surface area (Å²) in [4.78, 5) is 2.39. The van der Waals surface area contributed by atoms with Crippen LogP contribution < -0.4 is 4.90 Å². The summed E-state index contributed by atoms with van der Waals surface area (Å²) < 4.78 is 2.45. The molecule has 0 aliphatic carbocycles. The summed E-state index contributed by atoms with van der Waals surface area (Å²) in [6, 6.07) is 92.6. The van der Waals surface area contributed by atoms with E-state index in [1.54, 1.807) is 0 Å². The monoisotopic (exact) mass is 814 g/mol. The third-order valence-electron chi connectivity index (χ3n) is 12.8. The molecule has 0 unspecified atom stereocenters. The van der Waals surface area contributed by atoms with E-state index in [4.69, 9.17) is 0 Å². The lowest BCUT2D eigenvalue weighted by molar-refractivity contribution is 1.18. The molecule has 11 aromatic carbocycles. The summed E-state index contributed by atoms with van der Waals surface area (Å²) in [6.45, 7) is 0. The highest BCUT2D eigenvalue weighted by Crippen LogP contribution is 2.44. The van der Waals surface area contributed by atoms with Crippen LogP contribution in [0.15, 0.2) is 255 Å². The number of para-hydroxylation sites is 2. The van der Waals surface area contributed by atoms with Gasteiger partial charge in [-0.25, -0.2) is 0 Å². The molecule has 0 saturated heterocycles. The van der Waals surface area contributed by atoms with Gasteiger partial charge in [-0.05, 0) is 115 Å². The van der Waals surface area contributed by atoms with Gasteiger partial charge < -0.3 is 9.47 Å². The van der Waals surface area contributed by atoms with Crippen LogP contribution in [0.25, 0.3) is 93.5 Å². The Hall–Kier alpha value is -8.46. The SMILES string of the molecule is c1ccc(-c2cccc3c4c(-c5cccc(N(c6ccc(-c7cccc8ccccc78)cc6)c6ccc(-c7cccc8ccccc78)cc6)c5)cccc4n(-c4ccccc4)c23)cc1. The van der Waals surface area contributed by atoms with Crippen LogP contribution in [0.2, 0.25) is 0 Å². The van der Waals surface area contributed by atoms with Gasteiger partial charge in [-0.1, -0.05) is 200 Å². The summed E-state index contributed by atoms with van der Waals surface area (Å²) in [5.41, 5.74) is 16.4. The van der Waals surface area contributed by atoms with Gasteiger partial charge in [0.05, 0.1) is 11.0 Å². The molecule has 2 nitrogen and oxygen atoms in total. The van der Waals surface area contributed by atoms with E-state index in [-0.39, 0.29) is 0 Å². The zero-order valence-electron chi connectivity index (χ0n) is 35.1. The van der Waals surface area contributed by atoms with Crippen molar-refractivity contribution in [1.29, 1.82) is 0 Å². The fourth-order valence-electron chi connectivity index (χ4n) is 9.85. The molecule has 64 heavy (non-hydrogen) atoms. The number of benzene rings is 11. The molecule has 0 radical (unpaired) electrons. The second-order valence-corrected chi connectivity index (χ2v) is 16.5. The molecule has 1 aromatic heterocycles. The van der Waals surface area contributed by atoms with Crippen LogP contribution in [0.4, 0.5) is 17.1 Å². The van der Waals surface area contributed by atoms with Crippen molar-refractivity contribution in [1.82, 2.24) is 4.57 Å². The van der Waals surface area contributed by atoms with E-state index >= 15 is 0 Å². The van der Waals surface area contributed by atoms with Gasteiger partial charge in [0.2, 0.25) is 0 Å². The molecule has 0 N–H and O–H groups in total. The zero-order chi connectivity index (χ0) is 42.4. The number of fused-ring (bicyclic) bond motifs is 5. The van der Waals surface area contributed by atoms with Gasteiger partial charge >= 0.3 is 0 Å². The smallest absolute Gasteiger partial charge is 0.0619 e. The van der Waals surface area contributed by atoms with Crippen molar-refractivity contribution in [2.45, 2.75) is 0 Å². The summed E-state index contributed by atoms with van der Waals surface area (Å²) in [6.07, 6.45) is 0. The van der Waals surface area contributed by atoms with Crippen molar-refractivity contribution in [3.05, 3.63) is 255 Å². The Bertz CT molecular complexity index is 3510. The van der Waals surface area contributed by atoms with Crippen molar-refractivity contribution >= 4 is 60.4 Å². The minimum Gasteiger partial charge on any atom is -0.310 e. The maximum atomic E-state index is 2.45. The first-order valence-electron chi connectivity index (χ1n) is 22.0. The van der Waals surface area contributed by atoms with Crippen molar-refractivity contribution < 1.29 is 0 Å². The fourth-order valence-corrected chi connectivity index (χ4v) is 9.85. The number of hydrogen-bond acceptors (Lipinski definition) is 1. The van der Waals surface area contributed by atoms with Gasteiger partial charge in [0.25, 0.3) is 0 Å². The van der Waals surface area contributed by atoms with Crippen molar-refractivity contribution in [3.63, 3.8) is 0 Å². The lowest BCUT2D eigenvalue weighted by Gasteiger charge is -2.26. The van der Waals surface area contributed by atoms with Gasteiger partial charge in [0, 0.05) is 39.1 Å². The van der Waals surface area contributed by atoms with Gasteiger partial charge in [-0.2, -0.15) is 0 Å². The third-order valence-corrected chi connectivity index (χ3v) is 12.8. The summed E-state index contributed by atoms with van der Waals surface area (Å²) >= 11 is 0. The van der Waals surface area contributed by atoms with E-state index < -0.39 is 0 Å². The maximum Gasteiger partial charge on any atom is 0.0619 e. The molecular formula is C62H42N2. The van der Waals surface area contributed by atoms with Crippen LogP contribution in [-0.2, 0) is 0 Å². The van der Waals surface area contributed by atoms with Crippen LogP contribution in [0.5, 0.6) is 0 Å². The van der Waals surface area contributed by atoms with E-state index in [1.165, 1.54) is 82.3 Å². The molecule has 0 bridgehead atoms. The minimum atomic E-state index is 1.09. The van der Waals surface area contributed by atoms with Crippen LogP contribution in [0.1, 0.15) is 0 Å². The number of anilines is 3.